The first-order valence-corrected chi connectivity index (χ1v) is 24.7. The van der Waals surface area contributed by atoms with Crippen LogP contribution in [0.5, 0.6) is 0 Å². The molecule has 10 aromatic rings. The lowest BCUT2D eigenvalue weighted by Crippen LogP contribution is -2.22. The van der Waals surface area contributed by atoms with E-state index in [0.717, 1.165) is 23.5 Å². The zero-order valence-corrected chi connectivity index (χ0v) is 41.0. The van der Waals surface area contributed by atoms with Gasteiger partial charge in [-0.05, 0) is 115 Å². The predicted molar refractivity (Wildman–Crippen MR) is 297 cm³/mol. The molecule has 1 atom stereocenters. The number of aromatic nitrogens is 1. The lowest BCUT2D eigenvalue weighted by molar-refractivity contribution is 0.569. The molecule has 0 saturated carbocycles. The Kier molecular flexibility index (Phi) is 11.1. The SMILES string of the molecule is CC1C=C(N(c2ccc(-c3ccccc3)cc2-c2ccccc2)c2cccc3c4ccccc4n(-c4ccccc4)c23)C(c2cccc3cccc(-c4cc(C(C)(C)C)cc(C(C)(C)C)c4)c23)=CC1. The van der Waals surface area contributed by atoms with E-state index in [9.17, 15) is 0 Å². The van der Waals surface area contributed by atoms with Crippen molar-refractivity contribution in [1.29, 1.82) is 0 Å². The monoisotopic (exact) mass is 892 g/mol. The van der Waals surface area contributed by atoms with Crippen LogP contribution in [-0.2, 0) is 10.8 Å². The summed E-state index contributed by atoms with van der Waals surface area (Å²) < 4.78 is 2.48. The summed E-state index contributed by atoms with van der Waals surface area (Å²) in [5, 5.41) is 4.96. The van der Waals surface area contributed by atoms with Crippen molar-refractivity contribution in [2.45, 2.75) is 65.7 Å². The molecule has 1 aliphatic rings. The topological polar surface area (TPSA) is 8.17 Å². The molecular weight excluding hydrogens is 833 g/mol. The first kappa shape index (κ1) is 43.9. The van der Waals surface area contributed by atoms with Crippen LogP contribution in [0.15, 0.2) is 224 Å². The molecule has 69 heavy (non-hydrogen) atoms. The van der Waals surface area contributed by atoms with E-state index in [2.05, 4.69) is 276 Å². The molecule has 1 aliphatic carbocycles. The molecule has 11 rings (SSSR count). The van der Waals surface area contributed by atoms with Gasteiger partial charge >= 0.3 is 0 Å². The standard InChI is InChI=1S/C67H60N2/c1-45-36-38-56(57-32-20-27-48-26-19-31-54(64(48)57)50-41-51(66(2,3)4)44-52(42-50)67(5,6)7)63(40-45)69(61-39-37-49(46-22-11-8-12-23-46)43-59(61)47-24-13-9-14-25-47)62-35-21-33-58-55-30-17-18-34-60(55)68(65(58)62)53-28-15-10-16-29-53/h8-35,37-45H,36H2,1-7H3. The molecule has 0 radical (unpaired) electrons. The highest BCUT2D eigenvalue weighted by molar-refractivity contribution is 6.15. The number of nitrogens with zero attached hydrogens (tertiary/aromatic N) is 2. The number of hydrogen-bond acceptors (Lipinski definition) is 1. The second kappa shape index (κ2) is 17.4. The molecule has 1 heterocycles. The Hall–Kier alpha value is -7.68. The fourth-order valence-corrected chi connectivity index (χ4v) is 10.5. The normalized spacial score (nSPS) is 14.3. The third-order valence-electron chi connectivity index (χ3n) is 14.2. The summed E-state index contributed by atoms with van der Waals surface area (Å²) in [5.74, 6) is 0.293. The average Bonchev–Trinajstić information content (AvgIpc) is 3.71. The van der Waals surface area contributed by atoms with Crippen LogP contribution in [0.1, 0.15) is 71.6 Å². The highest BCUT2D eigenvalue weighted by Gasteiger charge is 2.30. The number of para-hydroxylation sites is 3. The minimum atomic E-state index is -0.0162. The number of hydrogen-bond donors (Lipinski definition) is 0. The molecule has 2 heteroatoms. The van der Waals surface area contributed by atoms with Gasteiger partial charge in [0.25, 0.3) is 0 Å². The molecule has 9 aromatic carbocycles. The van der Waals surface area contributed by atoms with Crippen molar-refractivity contribution in [2.24, 2.45) is 5.92 Å². The maximum atomic E-state index is 2.61. The fourth-order valence-electron chi connectivity index (χ4n) is 10.5. The first-order chi connectivity index (χ1) is 33.4. The van der Waals surface area contributed by atoms with Gasteiger partial charge < -0.3 is 9.47 Å². The minimum absolute atomic E-state index is 0.0162. The van der Waals surface area contributed by atoms with Crippen LogP contribution in [0.4, 0.5) is 11.4 Å². The van der Waals surface area contributed by atoms with Crippen molar-refractivity contribution in [3.8, 4) is 39.1 Å². The molecule has 0 aliphatic heterocycles. The molecular formula is C67H60N2. The third kappa shape index (κ3) is 8.08. The van der Waals surface area contributed by atoms with E-state index in [1.54, 1.807) is 0 Å². The van der Waals surface area contributed by atoms with Gasteiger partial charge in [-0.15, -0.1) is 0 Å². The molecule has 0 amide bonds. The summed E-state index contributed by atoms with van der Waals surface area (Å²) >= 11 is 0. The summed E-state index contributed by atoms with van der Waals surface area (Å²) in [4.78, 5) is 2.61. The average molecular weight is 893 g/mol. The van der Waals surface area contributed by atoms with Crippen molar-refractivity contribution in [2.75, 3.05) is 4.90 Å². The highest BCUT2D eigenvalue weighted by atomic mass is 15.2. The van der Waals surface area contributed by atoms with Crippen LogP contribution in [0, 0.1) is 5.92 Å². The van der Waals surface area contributed by atoms with E-state index >= 15 is 0 Å². The summed E-state index contributed by atoms with van der Waals surface area (Å²) in [7, 11) is 0. The number of allylic oxidation sites excluding steroid dienone is 3. The number of rotatable bonds is 8. The van der Waals surface area contributed by atoms with Crippen LogP contribution in [0.3, 0.4) is 0 Å². The van der Waals surface area contributed by atoms with E-state index in [1.165, 1.54) is 93.9 Å². The number of benzene rings is 9. The summed E-state index contributed by atoms with van der Waals surface area (Å²) in [6, 6.07) is 76.7. The predicted octanol–water partition coefficient (Wildman–Crippen LogP) is 18.7. The Morgan fingerprint density at radius 1 is 0.464 bits per heavy atom. The molecule has 0 spiro atoms. The van der Waals surface area contributed by atoms with Crippen LogP contribution >= 0.6 is 0 Å². The molecule has 2 nitrogen and oxygen atoms in total. The van der Waals surface area contributed by atoms with Gasteiger partial charge in [-0.1, -0.05) is 230 Å². The molecule has 1 unspecified atom stereocenters. The minimum Gasteiger partial charge on any atom is -0.307 e. The Balaban J connectivity index is 1.23. The zero-order chi connectivity index (χ0) is 47.4. The van der Waals surface area contributed by atoms with Crippen molar-refractivity contribution in [3.05, 3.63) is 241 Å². The summed E-state index contributed by atoms with van der Waals surface area (Å²) in [5.41, 5.74) is 19.3. The van der Waals surface area contributed by atoms with Gasteiger partial charge in [-0.25, -0.2) is 0 Å². The molecule has 0 N–H and O–H groups in total. The molecule has 0 fully saturated rings. The summed E-state index contributed by atoms with van der Waals surface area (Å²) in [6.07, 6.45) is 6.01. The zero-order valence-electron chi connectivity index (χ0n) is 41.0. The van der Waals surface area contributed by atoms with Gasteiger partial charge in [-0.2, -0.15) is 0 Å². The van der Waals surface area contributed by atoms with E-state index in [-0.39, 0.29) is 10.8 Å². The quantitative estimate of drug-likeness (QED) is 0.148. The first-order valence-electron chi connectivity index (χ1n) is 24.7. The van der Waals surface area contributed by atoms with E-state index in [0.29, 0.717) is 5.92 Å². The van der Waals surface area contributed by atoms with Gasteiger partial charge in [0.05, 0.1) is 28.1 Å². The number of anilines is 2. The van der Waals surface area contributed by atoms with Crippen molar-refractivity contribution >= 4 is 49.5 Å². The summed E-state index contributed by atoms with van der Waals surface area (Å²) in [6.45, 7) is 16.4. The largest absolute Gasteiger partial charge is 0.307 e. The Labute approximate surface area is 408 Å². The van der Waals surface area contributed by atoms with Gasteiger partial charge in [0.1, 0.15) is 0 Å². The molecule has 1 aromatic heterocycles. The third-order valence-corrected chi connectivity index (χ3v) is 14.2. The van der Waals surface area contributed by atoms with E-state index in [4.69, 9.17) is 0 Å². The molecule has 338 valence electrons. The Morgan fingerprint density at radius 3 is 1.74 bits per heavy atom. The molecule has 0 bridgehead atoms. The van der Waals surface area contributed by atoms with Crippen LogP contribution < -0.4 is 4.90 Å². The van der Waals surface area contributed by atoms with E-state index in [1.807, 2.05) is 0 Å². The van der Waals surface area contributed by atoms with Crippen molar-refractivity contribution < 1.29 is 0 Å². The highest BCUT2D eigenvalue weighted by Crippen LogP contribution is 2.50. The van der Waals surface area contributed by atoms with Gasteiger partial charge in [-0.3, -0.25) is 0 Å². The lowest BCUT2D eigenvalue weighted by Gasteiger charge is -2.35. The number of fused-ring (bicyclic) bond motifs is 4. The second-order valence-electron chi connectivity index (χ2n) is 21.1. The Morgan fingerprint density at radius 2 is 1.06 bits per heavy atom. The van der Waals surface area contributed by atoms with Crippen molar-refractivity contribution in [1.82, 2.24) is 4.57 Å². The maximum Gasteiger partial charge on any atom is 0.0782 e. The van der Waals surface area contributed by atoms with Crippen molar-refractivity contribution in [3.63, 3.8) is 0 Å². The lowest BCUT2D eigenvalue weighted by atomic mass is 9.78. The Bertz CT molecular complexity index is 3560. The van der Waals surface area contributed by atoms with Crippen LogP contribution in [0.25, 0.3) is 77.2 Å². The fraction of sp³-hybridized carbons (Fsp3) is 0.164. The van der Waals surface area contributed by atoms with Gasteiger partial charge in [0.15, 0.2) is 0 Å². The molecule has 0 saturated heterocycles. The maximum absolute atomic E-state index is 2.61. The van der Waals surface area contributed by atoms with Crippen LogP contribution in [-0.4, -0.2) is 4.57 Å². The van der Waals surface area contributed by atoms with Crippen LogP contribution in [0.2, 0.25) is 0 Å². The van der Waals surface area contributed by atoms with Gasteiger partial charge in [0.2, 0.25) is 0 Å². The second-order valence-corrected chi connectivity index (χ2v) is 21.1. The van der Waals surface area contributed by atoms with E-state index < -0.39 is 0 Å². The van der Waals surface area contributed by atoms with Gasteiger partial charge in [0, 0.05) is 27.6 Å². The smallest absolute Gasteiger partial charge is 0.0782 e.